The Kier molecular flexibility index (Phi) is 8.36. The summed E-state index contributed by atoms with van der Waals surface area (Å²) in [6, 6.07) is -1.37. The van der Waals surface area contributed by atoms with Crippen LogP contribution >= 0.6 is 34.8 Å². The number of ether oxygens (including phenoxy) is 2. The van der Waals surface area contributed by atoms with Gasteiger partial charge in [0.25, 0.3) is 0 Å². The molecular weight excluding hydrogens is 336 g/mol. The van der Waals surface area contributed by atoms with Crippen molar-refractivity contribution in [1.82, 2.24) is 5.32 Å². The molecule has 0 aliphatic rings. The Bertz CT molecular complexity index is 393. The summed E-state index contributed by atoms with van der Waals surface area (Å²) in [5.41, 5.74) is 0. The van der Waals surface area contributed by atoms with E-state index in [1.54, 1.807) is 0 Å². The highest BCUT2D eigenvalue weighted by atomic mass is 35.6. The third kappa shape index (κ3) is 10.7. The van der Waals surface area contributed by atoms with Gasteiger partial charge in [-0.3, -0.25) is 4.79 Å². The molecule has 2 N–H and O–H groups in total. The number of hydrogen-bond donors (Lipinski definition) is 2. The highest BCUT2D eigenvalue weighted by molar-refractivity contribution is 6.67. The lowest BCUT2D eigenvalue weighted by atomic mass is 10.3. The maximum absolute atomic E-state index is 11.3. The molecule has 1 amide bonds. The van der Waals surface area contributed by atoms with Crippen molar-refractivity contribution in [3.8, 4) is 0 Å². The Morgan fingerprint density at radius 3 is 2.35 bits per heavy atom. The fourth-order valence-corrected chi connectivity index (χ4v) is 1.03. The molecule has 10 heteroatoms. The van der Waals surface area contributed by atoms with Gasteiger partial charge in [-0.15, -0.1) is 0 Å². The van der Waals surface area contributed by atoms with Crippen molar-refractivity contribution >= 4 is 52.8 Å². The number of rotatable bonds is 6. The van der Waals surface area contributed by atoms with Crippen molar-refractivity contribution in [3.63, 3.8) is 0 Å². The van der Waals surface area contributed by atoms with Crippen LogP contribution < -0.4 is 5.32 Å². The topological polar surface area (TPSA) is 102 Å². The summed E-state index contributed by atoms with van der Waals surface area (Å²) in [5, 5.41) is 10.9. The van der Waals surface area contributed by atoms with E-state index in [2.05, 4.69) is 9.47 Å². The van der Waals surface area contributed by atoms with Crippen LogP contribution in [0.3, 0.4) is 0 Å². The highest BCUT2D eigenvalue weighted by Crippen LogP contribution is 2.25. The normalized spacial score (nSPS) is 12.8. The highest BCUT2D eigenvalue weighted by Gasteiger charge is 2.24. The summed E-state index contributed by atoms with van der Waals surface area (Å²) < 4.78 is 7.27. The fourth-order valence-electron chi connectivity index (χ4n) is 0.865. The van der Waals surface area contributed by atoms with E-state index in [4.69, 9.17) is 39.9 Å². The second-order valence-electron chi connectivity index (χ2n) is 3.38. The first-order chi connectivity index (χ1) is 9.11. The summed E-state index contributed by atoms with van der Waals surface area (Å²) in [5.74, 6) is -1.86. The average Bonchev–Trinajstić information content (AvgIpc) is 2.29. The van der Waals surface area contributed by atoms with Gasteiger partial charge in [0.2, 0.25) is 3.79 Å². The molecule has 0 saturated heterocycles. The van der Waals surface area contributed by atoms with Gasteiger partial charge in [0.15, 0.2) is 0 Å². The molecular formula is C10H12Cl3NO6. The zero-order chi connectivity index (χ0) is 15.8. The molecule has 1 atom stereocenters. The first-order valence-electron chi connectivity index (χ1n) is 5.14. The van der Waals surface area contributed by atoms with E-state index in [9.17, 15) is 14.4 Å². The summed E-state index contributed by atoms with van der Waals surface area (Å²) >= 11 is 16.1. The summed E-state index contributed by atoms with van der Waals surface area (Å²) in [6.45, 7) is 0.547. The molecule has 0 radical (unpaired) electrons. The van der Waals surface area contributed by atoms with E-state index in [-0.39, 0.29) is 6.61 Å². The lowest BCUT2D eigenvalue weighted by Crippen LogP contribution is -2.40. The maximum atomic E-state index is 11.3. The minimum absolute atomic E-state index is 0.121. The summed E-state index contributed by atoms with van der Waals surface area (Å²) in [7, 11) is 0. The predicted octanol–water partition coefficient (Wildman–Crippen LogP) is 1.66. The van der Waals surface area contributed by atoms with Crippen LogP contribution in [0, 0.1) is 0 Å². The van der Waals surface area contributed by atoms with Gasteiger partial charge in [-0.05, 0) is 6.08 Å². The molecule has 0 heterocycles. The standard InChI is InChI=1S/C10H12Cl3NO6/c1-6(15)19-4-2-3-7(8(16)17)14-9(18)20-5-10(11,12)13/h2-3,7H,4-5H2,1H3,(H,14,18)(H,16,17). The number of hydrogen-bond acceptors (Lipinski definition) is 5. The zero-order valence-corrected chi connectivity index (χ0v) is 12.5. The van der Waals surface area contributed by atoms with Crippen LogP contribution in [0.4, 0.5) is 4.79 Å². The molecule has 0 spiro atoms. The Morgan fingerprint density at radius 2 is 1.90 bits per heavy atom. The van der Waals surface area contributed by atoms with Crippen LogP contribution in [-0.2, 0) is 19.1 Å². The van der Waals surface area contributed by atoms with Crippen molar-refractivity contribution in [2.75, 3.05) is 13.2 Å². The molecule has 0 rings (SSSR count). The number of carboxylic acid groups (broad SMARTS) is 1. The first kappa shape index (κ1) is 18.8. The number of alkyl halides is 3. The molecule has 1 unspecified atom stereocenters. The quantitative estimate of drug-likeness (QED) is 0.430. The first-order valence-corrected chi connectivity index (χ1v) is 6.28. The van der Waals surface area contributed by atoms with Gasteiger partial charge in [-0.1, -0.05) is 40.9 Å². The van der Waals surface area contributed by atoms with Gasteiger partial charge >= 0.3 is 18.0 Å². The van der Waals surface area contributed by atoms with Gasteiger partial charge in [-0.25, -0.2) is 9.59 Å². The third-order valence-electron chi connectivity index (χ3n) is 1.62. The Labute approximate surface area is 129 Å². The molecule has 0 aliphatic carbocycles. The molecule has 114 valence electrons. The van der Waals surface area contributed by atoms with Crippen LogP contribution in [0.15, 0.2) is 12.2 Å². The van der Waals surface area contributed by atoms with Crippen LogP contribution in [0.2, 0.25) is 0 Å². The molecule has 0 saturated carbocycles. The second kappa shape index (κ2) is 8.89. The van der Waals surface area contributed by atoms with Crippen molar-refractivity contribution in [3.05, 3.63) is 12.2 Å². The van der Waals surface area contributed by atoms with Crippen molar-refractivity contribution < 1.29 is 29.0 Å². The van der Waals surface area contributed by atoms with Crippen LogP contribution in [0.1, 0.15) is 6.92 Å². The van der Waals surface area contributed by atoms with E-state index >= 15 is 0 Å². The van der Waals surface area contributed by atoms with Crippen molar-refractivity contribution in [1.29, 1.82) is 0 Å². The summed E-state index contributed by atoms with van der Waals surface area (Å²) in [6.07, 6.45) is 1.30. The van der Waals surface area contributed by atoms with Crippen LogP contribution in [-0.4, -0.2) is 46.2 Å². The van der Waals surface area contributed by atoms with Gasteiger partial charge in [0.1, 0.15) is 19.3 Å². The fraction of sp³-hybridized carbons (Fsp3) is 0.500. The molecule has 0 aromatic carbocycles. The number of nitrogens with one attached hydrogen (secondary N) is 1. The van der Waals surface area contributed by atoms with E-state index < -0.39 is 34.5 Å². The van der Waals surface area contributed by atoms with Crippen LogP contribution in [0.25, 0.3) is 0 Å². The van der Waals surface area contributed by atoms with Crippen LogP contribution in [0.5, 0.6) is 0 Å². The van der Waals surface area contributed by atoms with Gasteiger partial charge in [0, 0.05) is 6.92 Å². The summed E-state index contributed by atoms with van der Waals surface area (Å²) in [4.78, 5) is 32.6. The molecule has 0 aliphatic heterocycles. The molecule has 0 bridgehead atoms. The Balaban J connectivity index is 4.30. The zero-order valence-electron chi connectivity index (χ0n) is 10.3. The van der Waals surface area contributed by atoms with E-state index in [1.165, 1.54) is 13.0 Å². The minimum Gasteiger partial charge on any atom is -0.479 e. The number of halogens is 3. The van der Waals surface area contributed by atoms with E-state index in [0.29, 0.717) is 0 Å². The lowest BCUT2D eigenvalue weighted by molar-refractivity contribution is -0.139. The molecule has 0 aromatic heterocycles. The average molecular weight is 349 g/mol. The monoisotopic (exact) mass is 347 g/mol. The molecule has 7 nitrogen and oxygen atoms in total. The van der Waals surface area contributed by atoms with Gasteiger partial charge < -0.3 is 19.9 Å². The van der Waals surface area contributed by atoms with Gasteiger partial charge in [0.05, 0.1) is 0 Å². The minimum atomic E-state index is -1.79. The van der Waals surface area contributed by atoms with E-state index in [1.807, 2.05) is 5.32 Å². The van der Waals surface area contributed by atoms with Crippen molar-refractivity contribution in [2.24, 2.45) is 0 Å². The number of carbonyl (C=O) groups excluding carboxylic acids is 2. The maximum Gasteiger partial charge on any atom is 0.408 e. The van der Waals surface area contributed by atoms with Gasteiger partial charge in [-0.2, -0.15) is 0 Å². The number of amides is 1. The molecule has 0 fully saturated rings. The van der Waals surface area contributed by atoms with E-state index in [0.717, 1.165) is 6.08 Å². The lowest BCUT2D eigenvalue weighted by Gasteiger charge is -2.14. The SMILES string of the molecule is CC(=O)OCC=CC(NC(=O)OCC(Cl)(Cl)Cl)C(=O)O. The number of aliphatic carboxylic acids is 1. The van der Waals surface area contributed by atoms with Crippen molar-refractivity contribution in [2.45, 2.75) is 16.8 Å². The number of alkyl carbamates (subject to hydrolysis) is 1. The molecule has 0 aromatic rings. The Hall–Kier alpha value is -1.18. The smallest absolute Gasteiger partial charge is 0.408 e. The number of carbonyl (C=O) groups is 3. The molecule has 20 heavy (non-hydrogen) atoms. The number of esters is 1. The second-order valence-corrected chi connectivity index (χ2v) is 5.90. The Morgan fingerprint density at radius 1 is 1.30 bits per heavy atom. The largest absolute Gasteiger partial charge is 0.479 e. The third-order valence-corrected chi connectivity index (χ3v) is 1.95. The predicted molar refractivity (Wildman–Crippen MR) is 72.0 cm³/mol. The number of carboxylic acids is 1.